The summed E-state index contributed by atoms with van der Waals surface area (Å²) in [5, 5.41) is 9.82. The smallest absolute Gasteiger partial charge is 0.134 e. The summed E-state index contributed by atoms with van der Waals surface area (Å²) >= 11 is 0. The zero-order valence-electron chi connectivity index (χ0n) is 11.7. The van der Waals surface area contributed by atoms with Crippen LogP contribution < -0.4 is 4.90 Å². The number of nitrogens with zero attached hydrogens (tertiary/aromatic N) is 2. The first kappa shape index (κ1) is 13.3. The van der Waals surface area contributed by atoms with Crippen molar-refractivity contribution in [1.29, 1.82) is 0 Å². The van der Waals surface area contributed by atoms with Gasteiger partial charge in [-0.1, -0.05) is 26.3 Å². The van der Waals surface area contributed by atoms with E-state index < -0.39 is 6.10 Å². The van der Waals surface area contributed by atoms with E-state index in [0.29, 0.717) is 5.41 Å². The molecular formula is C15H24N2O. The summed E-state index contributed by atoms with van der Waals surface area (Å²) in [5.74, 6) is 0.964. The summed E-state index contributed by atoms with van der Waals surface area (Å²) < 4.78 is 0. The lowest BCUT2D eigenvalue weighted by atomic mass is 9.78. The maximum atomic E-state index is 9.82. The Balaban J connectivity index is 2.15. The summed E-state index contributed by atoms with van der Waals surface area (Å²) in [6, 6.07) is 3.87. The van der Waals surface area contributed by atoms with Crippen LogP contribution in [0.25, 0.3) is 0 Å². The predicted molar refractivity (Wildman–Crippen MR) is 74.7 cm³/mol. The lowest BCUT2D eigenvalue weighted by molar-refractivity contribution is 0.198. The van der Waals surface area contributed by atoms with Gasteiger partial charge in [0.1, 0.15) is 5.82 Å². The predicted octanol–water partition coefficient (Wildman–Crippen LogP) is 3.15. The van der Waals surface area contributed by atoms with E-state index in [-0.39, 0.29) is 0 Å². The lowest BCUT2D eigenvalue weighted by Crippen LogP contribution is -2.39. The fourth-order valence-electron chi connectivity index (χ4n) is 2.61. The molecule has 1 N–H and O–H groups in total. The third kappa shape index (κ3) is 2.66. The van der Waals surface area contributed by atoms with Crippen molar-refractivity contribution in [2.45, 2.75) is 46.1 Å². The van der Waals surface area contributed by atoms with Gasteiger partial charge in [-0.15, -0.1) is 0 Å². The van der Waals surface area contributed by atoms with Crippen LogP contribution in [0.2, 0.25) is 0 Å². The van der Waals surface area contributed by atoms with Gasteiger partial charge in [-0.25, -0.2) is 4.98 Å². The van der Waals surface area contributed by atoms with Gasteiger partial charge in [0.05, 0.1) is 6.10 Å². The van der Waals surface area contributed by atoms with Gasteiger partial charge in [0, 0.05) is 24.8 Å². The van der Waals surface area contributed by atoms with Gasteiger partial charge < -0.3 is 10.0 Å². The quantitative estimate of drug-likeness (QED) is 0.892. The average molecular weight is 248 g/mol. The third-order valence-corrected chi connectivity index (χ3v) is 4.39. The molecule has 0 amide bonds. The second kappa shape index (κ2) is 5.27. The van der Waals surface area contributed by atoms with Crippen LogP contribution in [-0.2, 0) is 0 Å². The molecule has 0 saturated carbocycles. The highest BCUT2D eigenvalue weighted by molar-refractivity contribution is 5.48. The summed E-state index contributed by atoms with van der Waals surface area (Å²) in [5.41, 5.74) is 1.42. The first-order valence-electron chi connectivity index (χ1n) is 6.94. The van der Waals surface area contributed by atoms with Crippen molar-refractivity contribution < 1.29 is 5.11 Å². The molecule has 0 unspecified atom stereocenters. The molecule has 2 heterocycles. The van der Waals surface area contributed by atoms with Gasteiger partial charge in [-0.05, 0) is 31.2 Å². The van der Waals surface area contributed by atoms with Gasteiger partial charge >= 0.3 is 0 Å². The molecule has 0 radical (unpaired) electrons. The van der Waals surface area contributed by atoms with Crippen molar-refractivity contribution >= 4 is 5.82 Å². The number of piperidine rings is 1. The Morgan fingerprint density at radius 2 is 2.11 bits per heavy atom. The molecule has 0 spiro atoms. The number of hydrogen-bond acceptors (Lipinski definition) is 3. The summed E-state index contributed by atoms with van der Waals surface area (Å²) in [4.78, 5) is 6.78. The Morgan fingerprint density at radius 1 is 1.44 bits per heavy atom. The molecule has 1 fully saturated rings. The zero-order chi connectivity index (χ0) is 13.2. The number of aliphatic hydroxyl groups excluding tert-OH is 1. The Kier molecular flexibility index (Phi) is 3.91. The van der Waals surface area contributed by atoms with Crippen LogP contribution in [0.3, 0.4) is 0 Å². The van der Waals surface area contributed by atoms with E-state index in [1.807, 2.05) is 18.3 Å². The second-order valence-corrected chi connectivity index (χ2v) is 5.74. The van der Waals surface area contributed by atoms with Gasteiger partial charge in [0.2, 0.25) is 0 Å². The molecule has 1 aliphatic heterocycles. The first-order valence-corrected chi connectivity index (χ1v) is 6.94. The SMILES string of the molecule is CCC1(C)CCN(c2ncccc2[C@H](C)O)CC1. The molecule has 0 aliphatic carbocycles. The van der Waals surface area contributed by atoms with E-state index >= 15 is 0 Å². The second-order valence-electron chi connectivity index (χ2n) is 5.74. The molecule has 1 aromatic heterocycles. The molecule has 100 valence electrons. The van der Waals surface area contributed by atoms with Crippen molar-refractivity contribution in [3.05, 3.63) is 23.9 Å². The molecule has 3 nitrogen and oxygen atoms in total. The minimum Gasteiger partial charge on any atom is -0.389 e. The molecule has 0 bridgehead atoms. The van der Waals surface area contributed by atoms with Crippen molar-refractivity contribution in [2.75, 3.05) is 18.0 Å². The van der Waals surface area contributed by atoms with Crippen LogP contribution in [0.5, 0.6) is 0 Å². The van der Waals surface area contributed by atoms with E-state index in [1.165, 1.54) is 19.3 Å². The minimum absolute atomic E-state index is 0.451. The fraction of sp³-hybridized carbons (Fsp3) is 0.667. The van der Waals surface area contributed by atoms with E-state index in [9.17, 15) is 5.11 Å². The average Bonchev–Trinajstić information content (AvgIpc) is 2.39. The number of rotatable bonds is 3. The molecule has 1 atom stereocenters. The van der Waals surface area contributed by atoms with Gasteiger partial charge in [0.15, 0.2) is 0 Å². The number of hydrogen-bond donors (Lipinski definition) is 1. The van der Waals surface area contributed by atoms with E-state index in [0.717, 1.165) is 24.5 Å². The summed E-state index contributed by atoms with van der Waals surface area (Å²) in [6.45, 7) is 8.54. The molecule has 2 rings (SSSR count). The molecule has 0 aromatic carbocycles. The van der Waals surface area contributed by atoms with Crippen LogP contribution in [0.15, 0.2) is 18.3 Å². The molecule has 1 saturated heterocycles. The maximum absolute atomic E-state index is 9.82. The maximum Gasteiger partial charge on any atom is 0.134 e. The Morgan fingerprint density at radius 3 is 2.67 bits per heavy atom. The molecule has 1 aromatic rings. The molecule has 1 aliphatic rings. The minimum atomic E-state index is -0.451. The van der Waals surface area contributed by atoms with E-state index in [4.69, 9.17) is 0 Å². The van der Waals surface area contributed by atoms with Crippen LogP contribution in [0.1, 0.15) is 51.7 Å². The van der Waals surface area contributed by atoms with Crippen molar-refractivity contribution in [3.8, 4) is 0 Å². The first-order chi connectivity index (χ1) is 8.56. The number of aromatic nitrogens is 1. The highest BCUT2D eigenvalue weighted by Gasteiger charge is 2.29. The highest BCUT2D eigenvalue weighted by Crippen LogP contribution is 2.36. The van der Waals surface area contributed by atoms with Crippen LogP contribution >= 0.6 is 0 Å². The lowest BCUT2D eigenvalue weighted by Gasteiger charge is -2.40. The summed E-state index contributed by atoms with van der Waals surface area (Å²) in [7, 11) is 0. The summed E-state index contributed by atoms with van der Waals surface area (Å²) in [6.07, 6.45) is 5.02. The Bertz CT molecular complexity index is 395. The standard InChI is InChI=1S/C15H24N2O/c1-4-15(3)7-10-17(11-8-15)14-13(12(2)18)6-5-9-16-14/h5-6,9,12,18H,4,7-8,10-11H2,1-3H3/t12-/m0/s1. The monoisotopic (exact) mass is 248 g/mol. The zero-order valence-corrected chi connectivity index (χ0v) is 11.7. The Hall–Kier alpha value is -1.09. The van der Waals surface area contributed by atoms with Gasteiger partial charge in [-0.3, -0.25) is 0 Å². The van der Waals surface area contributed by atoms with Crippen LogP contribution in [0.4, 0.5) is 5.82 Å². The van der Waals surface area contributed by atoms with Crippen molar-refractivity contribution in [3.63, 3.8) is 0 Å². The van der Waals surface area contributed by atoms with Crippen molar-refractivity contribution in [2.24, 2.45) is 5.41 Å². The number of pyridine rings is 1. The highest BCUT2D eigenvalue weighted by atomic mass is 16.3. The van der Waals surface area contributed by atoms with Crippen LogP contribution in [0, 0.1) is 5.41 Å². The largest absolute Gasteiger partial charge is 0.389 e. The molecular weight excluding hydrogens is 224 g/mol. The molecule has 3 heteroatoms. The normalized spacial score (nSPS) is 20.8. The van der Waals surface area contributed by atoms with Gasteiger partial charge in [0.25, 0.3) is 0 Å². The third-order valence-electron chi connectivity index (χ3n) is 4.39. The number of anilines is 1. The molecule has 18 heavy (non-hydrogen) atoms. The topological polar surface area (TPSA) is 36.4 Å². The van der Waals surface area contributed by atoms with E-state index in [2.05, 4.69) is 23.7 Å². The van der Waals surface area contributed by atoms with Gasteiger partial charge in [-0.2, -0.15) is 0 Å². The van der Waals surface area contributed by atoms with Crippen LogP contribution in [-0.4, -0.2) is 23.2 Å². The Labute approximate surface area is 110 Å². The van der Waals surface area contributed by atoms with E-state index in [1.54, 1.807) is 6.92 Å². The van der Waals surface area contributed by atoms with Crippen molar-refractivity contribution in [1.82, 2.24) is 4.98 Å². The fourth-order valence-corrected chi connectivity index (χ4v) is 2.61. The number of aliphatic hydroxyl groups is 1.